The van der Waals surface area contributed by atoms with Gasteiger partial charge in [0, 0.05) is 12.1 Å². The lowest BCUT2D eigenvalue weighted by Crippen LogP contribution is -2.22. The predicted molar refractivity (Wildman–Crippen MR) is 77.8 cm³/mol. The highest BCUT2D eigenvalue weighted by atomic mass is 19.4. The molecule has 1 atom stereocenters. The number of carbonyl (C=O) groups is 1. The van der Waals surface area contributed by atoms with E-state index in [4.69, 9.17) is 0 Å². The number of benzene rings is 1. The van der Waals surface area contributed by atoms with Gasteiger partial charge >= 0.3 is 12.4 Å². The molecule has 1 aliphatic carbocycles. The lowest BCUT2D eigenvalue weighted by Gasteiger charge is -2.21. The molecule has 0 spiro atoms. The number of alkyl halides is 6. The Labute approximate surface area is 140 Å². The fourth-order valence-corrected chi connectivity index (χ4v) is 3.55. The van der Waals surface area contributed by atoms with Gasteiger partial charge in [0.05, 0.1) is 17.2 Å². The van der Waals surface area contributed by atoms with Gasteiger partial charge in [-0.05, 0) is 37.0 Å². The molecule has 0 unspecified atom stereocenters. The highest BCUT2D eigenvalue weighted by Crippen LogP contribution is 2.39. The second-order valence-electron chi connectivity index (χ2n) is 6.72. The normalized spacial score (nSPS) is 22.2. The van der Waals surface area contributed by atoms with Crippen molar-refractivity contribution < 1.29 is 31.1 Å². The molecule has 1 saturated carbocycles. The summed E-state index contributed by atoms with van der Waals surface area (Å²) in [6.45, 7) is 0.404. The average molecular weight is 365 g/mol. The summed E-state index contributed by atoms with van der Waals surface area (Å²) in [7, 11) is 0. The van der Waals surface area contributed by atoms with E-state index in [0.29, 0.717) is 24.6 Å². The van der Waals surface area contributed by atoms with Crippen LogP contribution in [0.4, 0.5) is 26.3 Å². The van der Waals surface area contributed by atoms with Gasteiger partial charge in [0.2, 0.25) is 0 Å². The van der Waals surface area contributed by atoms with E-state index in [1.165, 1.54) is 4.90 Å². The molecular weight excluding hydrogens is 348 g/mol. The SMILES string of the molecule is O=C(c1cc(C(F)(F)F)cc(C(F)(F)F)c1)N1C[C@H]1C1CCCCC1. The minimum atomic E-state index is -4.95. The van der Waals surface area contributed by atoms with E-state index < -0.39 is 35.0 Å². The van der Waals surface area contributed by atoms with E-state index in [2.05, 4.69) is 0 Å². The van der Waals surface area contributed by atoms with Crippen LogP contribution in [0.5, 0.6) is 0 Å². The number of halogens is 6. The summed E-state index contributed by atoms with van der Waals surface area (Å²) in [6.07, 6.45) is -4.78. The third kappa shape index (κ3) is 3.93. The van der Waals surface area contributed by atoms with Crippen molar-refractivity contribution >= 4 is 5.91 Å². The first kappa shape index (κ1) is 18.1. The van der Waals surface area contributed by atoms with Crippen LogP contribution < -0.4 is 0 Å². The van der Waals surface area contributed by atoms with Gasteiger partial charge in [-0.3, -0.25) is 4.79 Å². The van der Waals surface area contributed by atoms with Gasteiger partial charge in [0.1, 0.15) is 0 Å². The Morgan fingerprint density at radius 2 is 1.40 bits per heavy atom. The number of amides is 1. The monoisotopic (exact) mass is 365 g/mol. The van der Waals surface area contributed by atoms with Crippen LogP contribution in [-0.4, -0.2) is 23.4 Å². The fourth-order valence-electron chi connectivity index (χ4n) is 3.55. The molecule has 8 heteroatoms. The molecule has 0 N–H and O–H groups in total. The van der Waals surface area contributed by atoms with Gasteiger partial charge in [-0.15, -0.1) is 0 Å². The molecule has 0 bridgehead atoms. The van der Waals surface area contributed by atoms with E-state index in [-0.39, 0.29) is 12.1 Å². The lowest BCUT2D eigenvalue weighted by atomic mass is 9.87. The van der Waals surface area contributed by atoms with Crippen LogP contribution in [0.2, 0.25) is 0 Å². The Kier molecular flexibility index (Phi) is 4.49. The summed E-state index contributed by atoms with van der Waals surface area (Å²) < 4.78 is 77.3. The van der Waals surface area contributed by atoms with Crippen LogP contribution >= 0.6 is 0 Å². The zero-order valence-electron chi connectivity index (χ0n) is 13.3. The van der Waals surface area contributed by atoms with Crippen LogP contribution in [0.1, 0.15) is 53.6 Å². The first-order valence-electron chi connectivity index (χ1n) is 8.18. The Hall–Kier alpha value is -1.73. The van der Waals surface area contributed by atoms with Gasteiger partial charge in [-0.1, -0.05) is 19.3 Å². The van der Waals surface area contributed by atoms with Crippen molar-refractivity contribution in [1.29, 1.82) is 0 Å². The predicted octanol–water partition coefficient (Wildman–Crippen LogP) is 5.13. The Morgan fingerprint density at radius 1 is 0.880 bits per heavy atom. The maximum Gasteiger partial charge on any atom is 0.416 e. The number of rotatable bonds is 2. The lowest BCUT2D eigenvalue weighted by molar-refractivity contribution is -0.143. The van der Waals surface area contributed by atoms with Gasteiger partial charge < -0.3 is 4.90 Å². The molecule has 3 rings (SSSR count). The molecule has 25 heavy (non-hydrogen) atoms. The maximum atomic E-state index is 12.9. The van der Waals surface area contributed by atoms with Crippen molar-refractivity contribution in [3.05, 3.63) is 34.9 Å². The zero-order chi connectivity index (χ0) is 18.4. The van der Waals surface area contributed by atoms with E-state index in [1.807, 2.05) is 0 Å². The van der Waals surface area contributed by atoms with Crippen molar-refractivity contribution in [3.63, 3.8) is 0 Å². The van der Waals surface area contributed by atoms with E-state index in [1.54, 1.807) is 0 Å². The van der Waals surface area contributed by atoms with E-state index in [0.717, 1.165) is 32.1 Å². The molecule has 1 heterocycles. The Bertz CT molecular complexity index is 628. The third-order valence-corrected chi connectivity index (χ3v) is 4.94. The van der Waals surface area contributed by atoms with Crippen molar-refractivity contribution in [2.75, 3.05) is 6.54 Å². The maximum absolute atomic E-state index is 12.9. The molecule has 2 fully saturated rings. The number of hydrogen-bond acceptors (Lipinski definition) is 1. The number of nitrogens with zero attached hydrogens (tertiary/aromatic N) is 1. The fraction of sp³-hybridized carbons (Fsp3) is 0.588. The average Bonchev–Trinajstić information content (AvgIpc) is 3.33. The van der Waals surface area contributed by atoms with Gasteiger partial charge in [-0.2, -0.15) is 26.3 Å². The van der Waals surface area contributed by atoms with Crippen molar-refractivity contribution in [2.45, 2.75) is 50.5 Å². The van der Waals surface area contributed by atoms with Crippen LogP contribution in [-0.2, 0) is 12.4 Å². The molecule has 138 valence electrons. The van der Waals surface area contributed by atoms with Gasteiger partial charge in [0.15, 0.2) is 0 Å². The second kappa shape index (κ2) is 6.21. The largest absolute Gasteiger partial charge is 0.416 e. The summed E-state index contributed by atoms with van der Waals surface area (Å²) in [5, 5.41) is 0. The van der Waals surface area contributed by atoms with Crippen molar-refractivity contribution in [2.24, 2.45) is 5.92 Å². The number of hydrogen-bond donors (Lipinski definition) is 0. The molecule has 1 aliphatic heterocycles. The molecule has 0 aromatic heterocycles. The topological polar surface area (TPSA) is 20.1 Å². The van der Waals surface area contributed by atoms with E-state index >= 15 is 0 Å². The first-order chi connectivity index (χ1) is 11.6. The smallest absolute Gasteiger partial charge is 0.332 e. The minimum absolute atomic E-state index is 0.0393. The second-order valence-corrected chi connectivity index (χ2v) is 6.72. The summed E-state index contributed by atoms with van der Waals surface area (Å²) in [4.78, 5) is 13.8. The Balaban J connectivity index is 1.85. The molecule has 1 amide bonds. The van der Waals surface area contributed by atoms with Gasteiger partial charge in [-0.25, -0.2) is 0 Å². The van der Waals surface area contributed by atoms with Crippen LogP contribution in [0.25, 0.3) is 0 Å². The molecule has 0 radical (unpaired) electrons. The Morgan fingerprint density at radius 3 is 1.88 bits per heavy atom. The highest BCUT2D eigenvalue weighted by Gasteiger charge is 2.45. The molecule has 2 aliphatic rings. The highest BCUT2D eigenvalue weighted by molar-refractivity contribution is 5.96. The molecule has 2 nitrogen and oxygen atoms in total. The van der Waals surface area contributed by atoms with E-state index in [9.17, 15) is 31.1 Å². The third-order valence-electron chi connectivity index (χ3n) is 4.94. The van der Waals surface area contributed by atoms with Crippen molar-refractivity contribution in [1.82, 2.24) is 4.90 Å². The zero-order valence-corrected chi connectivity index (χ0v) is 13.3. The first-order valence-corrected chi connectivity index (χ1v) is 8.18. The van der Waals surface area contributed by atoms with Crippen LogP contribution in [0.15, 0.2) is 18.2 Å². The number of carbonyl (C=O) groups excluding carboxylic acids is 1. The van der Waals surface area contributed by atoms with Gasteiger partial charge in [0.25, 0.3) is 5.91 Å². The minimum Gasteiger partial charge on any atom is -0.332 e. The molecule has 1 saturated heterocycles. The standard InChI is InChI=1S/C17H17F6NO/c18-16(19,20)12-6-11(7-13(8-12)17(21,22)23)15(25)24-9-14(24)10-4-2-1-3-5-10/h6-8,10,14H,1-5,9H2/t14-,24?/m0/s1. The van der Waals surface area contributed by atoms with Crippen molar-refractivity contribution in [3.8, 4) is 0 Å². The summed E-state index contributed by atoms with van der Waals surface area (Å²) >= 11 is 0. The van der Waals surface area contributed by atoms with Crippen LogP contribution in [0.3, 0.4) is 0 Å². The summed E-state index contributed by atoms with van der Waals surface area (Å²) in [6, 6.07) is 0.996. The molecular formula is C17H17F6NO. The van der Waals surface area contributed by atoms with Crippen LogP contribution in [0, 0.1) is 5.92 Å². The quantitative estimate of drug-likeness (QED) is 0.526. The molecule has 1 aromatic carbocycles. The molecule has 1 aromatic rings. The summed E-state index contributed by atoms with van der Waals surface area (Å²) in [5.41, 5.74) is -3.47. The summed E-state index contributed by atoms with van der Waals surface area (Å²) in [5.74, 6) is -0.460.